The zero-order valence-corrected chi connectivity index (χ0v) is 20.2. The average Bonchev–Trinajstić information content (AvgIpc) is 3.37. The van der Waals surface area contributed by atoms with Gasteiger partial charge in [0.2, 0.25) is 5.95 Å². The molecule has 5 rings (SSSR count). The number of ether oxygens (including phenoxy) is 2. The highest BCUT2D eigenvalue weighted by Crippen LogP contribution is 2.39. The van der Waals surface area contributed by atoms with Gasteiger partial charge in [0.15, 0.2) is 11.4 Å². The van der Waals surface area contributed by atoms with Gasteiger partial charge in [-0.2, -0.15) is 10.1 Å². The largest absolute Gasteiger partial charge is 0.383 e. The van der Waals surface area contributed by atoms with Gasteiger partial charge in [-0.1, -0.05) is 22.0 Å². The van der Waals surface area contributed by atoms with Gasteiger partial charge >= 0.3 is 0 Å². The van der Waals surface area contributed by atoms with E-state index < -0.39 is 5.92 Å². The van der Waals surface area contributed by atoms with Crippen LogP contribution in [0.15, 0.2) is 28.9 Å². The summed E-state index contributed by atoms with van der Waals surface area (Å²) in [6, 6.07) is 6.02. The summed E-state index contributed by atoms with van der Waals surface area (Å²) in [5, 5.41) is 8.79. The number of carbonyl (C=O) groups excluding carboxylic acids is 1. The minimum Gasteiger partial charge on any atom is -0.383 e. The molecule has 1 fully saturated rings. The van der Waals surface area contributed by atoms with Crippen LogP contribution < -0.4 is 5.32 Å². The number of Topliss-reactive ketones (excluding diaryl/α,β-unsaturated/α-hetero) is 1. The second-order valence-electron chi connectivity index (χ2n) is 8.35. The molecular weight excluding hydrogens is 488 g/mol. The topological polar surface area (TPSA) is 94.4 Å². The van der Waals surface area contributed by atoms with Gasteiger partial charge < -0.3 is 14.8 Å². The van der Waals surface area contributed by atoms with Crippen molar-refractivity contribution in [3.63, 3.8) is 0 Å². The van der Waals surface area contributed by atoms with Crippen LogP contribution in [0, 0.1) is 0 Å². The molecule has 3 aromatic rings. The Hall–Kier alpha value is -2.40. The highest BCUT2D eigenvalue weighted by atomic mass is 79.9. The van der Waals surface area contributed by atoms with Gasteiger partial charge in [-0.15, -0.1) is 0 Å². The lowest BCUT2D eigenvalue weighted by atomic mass is 9.95. The molecule has 0 spiro atoms. The Morgan fingerprint density at radius 1 is 1.24 bits per heavy atom. The summed E-state index contributed by atoms with van der Waals surface area (Å²) in [4.78, 5) is 25.0. The first kappa shape index (κ1) is 22.4. The molecule has 174 valence electrons. The van der Waals surface area contributed by atoms with Gasteiger partial charge in [0.25, 0.3) is 0 Å². The van der Waals surface area contributed by atoms with Crippen molar-refractivity contribution < 1.29 is 14.3 Å². The lowest BCUT2D eigenvalue weighted by Crippen LogP contribution is -2.39. The number of nitrogens with zero attached hydrogens (tertiary/aromatic N) is 5. The van der Waals surface area contributed by atoms with Crippen molar-refractivity contribution in [1.29, 1.82) is 0 Å². The maximum absolute atomic E-state index is 13.1. The van der Waals surface area contributed by atoms with Gasteiger partial charge in [0.05, 0.1) is 43.4 Å². The highest BCUT2D eigenvalue weighted by molar-refractivity contribution is 9.10. The highest BCUT2D eigenvalue weighted by Gasteiger charge is 2.35. The predicted molar refractivity (Wildman–Crippen MR) is 128 cm³/mol. The van der Waals surface area contributed by atoms with E-state index >= 15 is 0 Å². The van der Waals surface area contributed by atoms with Gasteiger partial charge in [-0.3, -0.25) is 14.4 Å². The molecule has 1 unspecified atom stereocenters. The fraction of sp³-hybridized carbons (Fsp3) is 0.478. The smallest absolute Gasteiger partial charge is 0.225 e. The number of ketones is 1. The maximum atomic E-state index is 13.1. The molecule has 1 N–H and O–H groups in total. The molecule has 0 radical (unpaired) electrons. The monoisotopic (exact) mass is 514 g/mol. The van der Waals surface area contributed by atoms with E-state index in [4.69, 9.17) is 14.5 Å². The van der Waals surface area contributed by atoms with Crippen molar-refractivity contribution in [3.8, 4) is 0 Å². The molecule has 2 aromatic heterocycles. The summed E-state index contributed by atoms with van der Waals surface area (Å²) in [6.07, 6.45) is 2.33. The minimum atomic E-state index is -0.428. The van der Waals surface area contributed by atoms with E-state index in [0.717, 1.165) is 53.8 Å². The van der Waals surface area contributed by atoms with Crippen LogP contribution in [-0.4, -0.2) is 83.5 Å². The first-order valence-electron chi connectivity index (χ1n) is 11.2. The van der Waals surface area contributed by atoms with Crippen LogP contribution in [0.5, 0.6) is 0 Å². The number of morpholine rings is 1. The number of benzene rings is 1. The summed E-state index contributed by atoms with van der Waals surface area (Å²) in [7, 11) is 1.66. The summed E-state index contributed by atoms with van der Waals surface area (Å²) < 4.78 is 13.4. The summed E-state index contributed by atoms with van der Waals surface area (Å²) in [5.74, 6) is 0.217. The zero-order chi connectivity index (χ0) is 22.8. The molecule has 33 heavy (non-hydrogen) atoms. The fourth-order valence-electron chi connectivity index (χ4n) is 4.48. The van der Waals surface area contributed by atoms with E-state index in [1.165, 1.54) is 0 Å². The van der Waals surface area contributed by atoms with Crippen molar-refractivity contribution >= 4 is 38.7 Å². The zero-order valence-electron chi connectivity index (χ0n) is 18.6. The van der Waals surface area contributed by atoms with Gasteiger partial charge in [0, 0.05) is 50.4 Å². The van der Waals surface area contributed by atoms with Gasteiger partial charge in [-0.25, -0.2) is 4.98 Å². The summed E-state index contributed by atoms with van der Waals surface area (Å²) in [6.45, 7) is 6.12. The molecule has 0 bridgehead atoms. The number of carbonyl (C=O) groups is 1. The number of methoxy groups -OCH3 is 1. The summed E-state index contributed by atoms with van der Waals surface area (Å²) in [5.41, 5.74) is 3.34. The van der Waals surface area contributed by atoms with Crippen molar-refractivity contribution in [2.24, 2.45) is 0 Å². The van der Waals surface area contributed by atoms with E-state index in [0.29, 0.717) is 43.4 Å². The number of aromatic nitrogens is 4. The molecular formula is C23H27BrN6O3. The van der Waals surface area contributed by atoms with Crippen LogP contribution >= 0.6 is 15.9 Å². The molecule has 0 amide bonds. The third-order valence-electron chi connectivity index (χ3n) is 6.17. The molecule has 0 saturated carbocycles. The number of anilines is 1. The van der Waals surface area contributed by atoms with Crippen LogP contribution in [0.3, 0.4) is 0 Å². The van der Waals surface area contributed by atoms with Gasteiger partial charge in [-0.05, 0) is 23.3 Å². The molecule has 1 atom stereocenters. The predicted octanol–water partition coefficient (Wildman–Crippen LogP) is 2.24. The third-order valence-corrected chi connectivity index (χ3v) is 6.67. The van der Waals surface area contributed by atoms with E-state index in [1.54, 1.807) is 7.11 Å². The Labute approximate surface area is 200 Å². The standard InChI is InChI=1S/C23H27BrN6O3/c1-32-9-8-30-14-18-21(20-17-13-16(24)3-2-15(17)12-19(20)31)26-23(27-22(18)28-30)25-4-5-29-6-10-33-11-7-29/h2-3,13-14,20H,4-12H2,1H3,(H,25,27,28). The molecule has 10 heteroatoms. The molecule has 9 nitrogen and oxygen atoms in total. The van der Waals surface area contributed by atoms with E-state index in [2.05, 4.69) is 36.2 Å². The number of rotatable bonds is 8. The Bertz CT molecular complexity index is 1160. The Kier molecular flexibility index (Phi) is 6.68. The lowest BCUT2D eigenvalue weighted by molar-refractivity contribution is -0.118. The number of hydrogen-bond donors (Lipinski definition) is 1. The molecule has 1 aliphatic heterocycles. The Balaban J connectivity index is 1.48. The maximum Gasteiger partial charge on any atom is 0.225 e. The molecule has 1 saturated heterocycles. The molecule has 2 aliphatic rings. The lowest BCUT2D eigenvalue weighted by Gasteiger charge is -2.26. The minimum absolute atomic E-state index is 0.145. The summed E-state index contributed by atoms with van der Waals surface area (Å²) >= 11 is 3.55. The van der Waals surface area contributed by atoms with Crippen molar-refractivity contribution in [2.45, 2.75) is 18.9 Å². The van der Waals surface area contributed by atoms with Crippen molar-refractivity contribution in [3.05, 3.63) is 45.7 Å². The van der Waals surface area contributed by atoms with Crippen LogP contribution in [0.2, 0.25) is 0 Å². The average molecular weight is 515 g/mol. The fourth-order valence-corrected chi connectivity index (χ4v) is 4.86. The van der Waals surface area contributed by atoms with Crippen LogP contribution in [-0.2, 0) is 27.2 Å². The number of nitrogens with one attached hydrogen (secondary N) is 1. The quantitative estimate of drug-likeness (QED) is 0.489. The number of hydrogen-bond acceptors (Lipinski definition) is 8. The van der Waals surface area contributed by atoms with E-state index in [1.807, 2.05) is 29.1 Å². The van der Waals surface area contributed by atoms with Crippen LogP contribution in [0.4, 0.5) is 5.95 Å². The van der Waals surface area contributed by atoms with Crippen molar-refractivity contribution in [2.75, 3.05) is 58.4 Å². The molecule has 3 heterocycles. The Morgan fingerprint density at radius 3 is 2.91 bits per heavy atom. The second kappa shape index (κ2) is 9.84. The SMILES string of the molecule is COCCn1cc2c(C3C(=O)Cc4ccc(Br)cc43)nc(NCCN3CCOCC3)nc2n1. The first-order valence-corrected chi connectivity index (χ1v) is 12.0. The second-order valence-corrected chi connectivity index (χ2v) is 9.27. The number of halogens is 1. The number of fused-ring (bicyclic) bond motifs is 2. The third kappa shape index (κ3) is 4.79. The molecule has 1 aromatic carbocycles. The first-order chi connectivity index (χ1) is 16.1. The van der Waals surface area contributed by atoms with Gasteiger partial charge in [0.1, 0.15) is 0 Å². The Morgan fingerprint density at radius 2 is 2.09 bits per heavy atom. The molecule has 1 aliphatic carbocycles. The van der Waals surface area contributed by atoms with Crippen LogP contribution in [0.25, 0.3) is 11.0 Å². The van der Waals surface area contributed by atoms with Crippen LogP contribution in [0.1, 0.15) is 22.7 Å². The van der Waals surface area contributed by atoms with E-state index in [-0.39, 0.29) is 5.78 Å². The van der Waals surface area contributed by atoms with E-state index in [9.17, 15) is 4.79 Å². The van der Waals surface area contributed by atoms with Crippen molar-refractivity contribution in [1.82, 2.24) is 24.6 Å². The normalized spacial score (nSPS) is 18.7.